The summed E-state index contributed by atoms with van der Waals surface area (Å²) in [6.45, 7) is 2.25. The molecule has 142 valence electrons. The Balaban J connectivity index is 1.36. The maximum atomic E-state index is 12.9. The standard InChI is InChI=1S/C22H21FN4O/c23-17-5-3-16(4-6-17)22(28)26-19-9-12-21(24-15-19)25-18-7-10-20(11-8-18)27-13-1-2-14-27/h3-12,15H,1-2,13-14H2,(H,24,25)(H,26,28). The Morgan fingerprint density at radius 1 is 0.893 bits per heavy atom. The van der Waals surface area contributed by atoms with Crippen molar-refractivity contribution in [2.75, 3.05) is 28.6 Å². The van der Waals surface area contributed by atoms with Crippen molar-refractivity contribution in [1.82, 2.24) is 4.98 Å². The third kappa shape index (κ3) is 4.28. The lowest BCUT2D eigenvalue weighted by atomic mass is 10.2. The number of aromatic nitrogens is 1. The van der Waals surface area contributed by atoms with Crippen LogP contribution in [0.3, 0.4) is 0 Å². The number of nitrogens with one attached hydrogen (secondary N) is 2. The highest BCUT2D eigenvalue weighted by Gasteiger charge is 2.12. The van der Waals surface area contributed by atoms with Crippen LogP contribution < -0.4 is 15.5 Å². The van der Waals surface area contributed by atoms with Gasteiger partial charge in [-0.25, -0.2) is 9.37 Å². The highest BCUT2D eigenvalue weighted by Crippen LogP contribution is 2.23. The SMILES string of the molecule is O=C(Nc1ccc(Nc2ccc(N3CCCC3)cc2)nc1)c1ccc(F)cc1. The van der Waals surface area contributed by atoms with E-state index in [4.69, 9.17) is 0 Å². The lowest BCUT2D eigenvalue weighted by molar-refractivity contribution is 0.102. The second-order valence-corrected chi connectivity index (χ2v) is 6.76. The molecule has 0 aliphatic carbocycles. The molecule has 0 spiro atoms. The molecule has 1 aliphatic rings. The second kappa shape index (κ2) is 8.08. The van der Waals surface area contributed by atoms with Crippen LogP contribution in [-0.2, 0) is 0 Å². The molecule has 1 aliphatic heterocycles. The Morgan fingerprint density at radius 2 is 1.57 bits per heavy atom. The molecule has 0 atom stereocenters. The fourth-order valence-corrected chi connectivity index (χ4v) is 3.23. The zero-order chi connectivity index (χ0) is 19.3. The number of rotatable bonds is 5. The molecule has 4 rings (SSSR count). The summed E-state index contributed by atoms with van der Waals surface area (Å²) >= 11 is 0. The summed E-state index contributed by atoms with van der Waals surface area (Å²) in [7, 11) is 0. The molecular weight excluding hydrogens is 355 g/mol. The second-order valence-electron chi connectivity index (χ2n) is 6.76. The van der Waals surface area contributed by atoms with E-state index in [0.29, 0.717) is 17.1 Å². The van der Waals surface area contributed by atoms with Gasteiger partial charge >= 0.3 is 0 Å². The molecule has 5 nitrogen and oxygen atoms in total. The molecule has 1 fully saturated rings. The highest BCUT2D eigenvalue weighted by molar-refractivity contribution is 6.04. The van der Waals surface area contributed by atoms with Crippen LogP contribution in [0.4, 0.5) is 27.3 Å². The molecule has 2 N–H and O–H groups in total. The summed E-state index contributed by atoms with van der Waals surface area (Å²) in [5.41, 5.74) is 3.17. The van der Waals surface area contributed by atoms with Gasteiger partial charge < -0.3 is 15.5 Å². The largest absolute Gasteiger partial charge is 0.372 e. The van der Waals surface area contributed by atoms with Crippen molar-refractivity contribution in [3.8, 4) is 0 Å². The zero-order valence-electron chi connectivity index (χ0n) is 15.4. The summed E-state index contributed by atoms with van der Waals surface area (Å²) < 4.78 is 12.9. The van der Waals surface area contributed by atoms with Gasteiger partial charge in [0.1, 0.15) is 11.6 Å². The Labute approximate surface area is 163 Å². The van der Waals surface area contributed by atoms with Gasteiger partial charge in [0.25, 0.3) is 5.91 Å². The van der Waals surface area contributed by atoms with E-state index >= 15 is 0 Å². The molecule has 0 radical (unpaired) electrons. The van der Waals surface area contributed by atoms with Gasteiger partial charge in [-0.3, -0.25) is 4.79 Å². The first-order chi connectivity index (χ1) is 13.7. The van der Waals surface area contributed by atoms with Crippen molar-refractivity contribution >= 4 is 28.8 Å². The molecular formula is C22H21FN4O. The van der Waals surface area contributed by atoms with Crippen LogP contribution in [0.25, 0.3) is 0 Å². The van der Waals surface area contributed by atoms with E-state index in [0.717, 1.165) is 18.8 Å². The maximum absolute atomic E-state index is 12.9. The molecule has 0 bridgehead atoms. The Kier molecular flexibility index (Phi) is 5.19. The van der Waals surface area contributed by atoms with Gasteiger partial charge in [0.15, 0.2) is 0 Å². The first-order valence-corrected chi connectivity index (χ1v) is 9.32. The van der Waals surface area contributed by atoms with Gasteiger partial charge in [-0.05, 0) is 73.5 Å². The molecule has 1 amide bonds. The third-order valence-electron chi connectivity index (χ3n) is 4.74. The summed E-state index contributed by atoms with van der Waals surface area (Å²) in [5, 5.41) is 6.01. The number of amides is 1. The molecule has 2 heterocycles. The first kappa shape index (κ1) is 18.0. The van der Waals surface area contributed by atoms with Crippen LogP contribution in [0, 0.1) is 5.82 Å². The molecule has 3 aromatic rings. The van der Waals surface area contributed by atoms with E-state index in [1.807, 2.05) is 12.1 Å². The van der Waals surface area contributed by atoms with Gasteiger partial charge in [-0.1, -0.05) is 0 Å². The fourth-order valence-electron chi connectivity index (χ4n) is 3.23. The minimum Gasteiger partial charge on any atom is -0.372 e. The molecule has 0 saturated carbocycles. The van der Waals surface area contributed by atoms with Gasteiger partial charge in [0.2, 0.25) is 0 Å². The Hall–Kier alpha value is -3.41. The number of benzene rings is 2. The number of anilines is 4. The normalized spacial score (nSPS) is 13.4. The predicted octanol–water partition coefficient (Wildman–Crippen LogP) is 4.82. The van der Waals surface area contributed by atoms with Gasteiger partial charge in [0.05, 0.1) is 11.9 Å². The average Bonchev–Trinajstić information content (AvgIpc) is 3.25. The van der Waals surface area contributed by atoms with Crippen molar-refractivity contribution in [1.29, 1.82) is 0 Å². The van der Waals surface area contributed by atoms with Crippen molar-refractivity contribution < 1.29 is 9.18 Å². The minimum absolute atomic E-state index is 0.306. The highest BCUT2D eigenvalue weighted by atomic mass is 19.1. The zero-order valence-corrected chi connectivity index (χ0v) is 15.4. The van der Waals surface area contributed by atoms with Crippen LogP contribution in [0.5, 0.6) is 0 Å². The number of pyridine rings is 1. The quantitative estimate of drug-likeness (QED) is 0.670. The average molecular weight is 376 g/mol. The van der Waals surface area contributed by atoms with Crippen molar-refractivity contribution in [2.24, 2.45) is 0 Å². The van der Waals surface area contributed by atoms with Crippen LogP contribution in [0.2, 0.25) is 0 Å². The number of hydrogen-bond acceptors (Lipinski definition) is 4. The maximum Gasteiger partial charge on any atom is 0.255 e. The number of carbonyl (C=O) groups excluding carboxylic acids is 1. The van der Waals surface area contributed by atoms with E-state index in [2.05, 4.69) is 32.7 Å². The van der Waals surface area contributed by atoms with E-state index < -0.39 is 0 Å². The summed E-state index contributed by atoms with van der Waals surface area (Å²) in [6, 6.07) is 17.3. The van der Waals surface area contributed by atoms with Crippen LogP contribution in [0.1, 0.15) is 23.2 Å². The molecule has 6 heteroatoms. The Morgan fingerprint density at radius 3 is 2.21 bits per heavy atom. The summed E-state index contributed by atoms with van der Waals surface area (Å²) in [6.07, 6.45) is 4.10. The monoisotopic (exact) mass is 376 g/mol. The predicted molar refractivity (Wildman–Crippen MR) is 110 cm³/mol. The summed E-state index contributed by atoms with van der Waals surface area (Å²) in [5.74, 6) is 0.0100. The van der Waals surface area contributed by atoms with Crippen molar-refractivity contribution in [3.63, 3.8) is 0 Å². The number of carbonyl (C=O) groups is 1. The minimum atomic E-state index is -0.373. The van der Waals surface area contributed by atoms with Crippen LogP contribution in [-0.4, -0.2) is 24.0 Å². The van der Waals surface area contributed by atoms with Gasteiger partial charge in [0, 0.05) is 30.0 Å². The van der Waals surface area contributed by atoms with E-state index in [1.165, 1.54) is 42.8 Å². The van der Waals surface area contributed by atoms with Crippen LogP contribution in [0.15, 0.2) is 66.9 Å². The van der Waals surface area contributed by atoms with E-state index in [-0.39, 0.29) is 11.7 Å². The molecule has 28 heavy (non-hydrogen) atoms. The lowest BCUT2D eigenvalue weighted by Gasteiger charge is -2.17. The van der Waals surface area contributed by atoms with Gasteiger partial charge in [-0.2, -0.15) is 0 Å². The molecule has 1 saturated heterocycles. The third-order valence-corrected chi connectivity index (χ3v) is 4.74. The lowest BCUT2D eigenvalue weighted by Crippen LogP contribution is -2.17. The number of hydrogen-bond donors (Lipinski definition) is 2. The molecule has 1 aromatic heterocycles. The fraction of sp³-hybridized carbons (Fsp3) is 0.182. The van der Waals surface area contributed by atoms with Crippen LogP contribution >= 0.6 is 0 Å². The number of halogens is 1. The van der Waals surface area contributed by atoms with Crippen molar-refractivity contribution in [2.45, 2.75) is 12.8 Å². The van der Waals surface area contributed by atoms with Gasteiger partial charge in [-0.15, -0.1) is 0 Å². The van der Waals surface area contributed by atoms with E-state index in [9.17, 15) is 9.18 Å². The summed E-state index contributed by atoms with van der Waals surface area (Å²) in [4.78, 5) is 18.9. The number of nitrogens with zero attached hydrogens (tertiary/aromatic N) is 2. The smallest absolute Gasteiger partial charge is 0.255 e. The molecule has 2 aromatic carbocycles. The topological polar surface area (TPSA) is 57.3 Å². The first-order valence-electron chi connectivity index (χ1n) is 9.32. The Bertz CT molecular complexity index is 934. The van der Waals surface area contributed by atoms with E-state index in [1.54, 1.807) is 18.3 Å². The van der Waals surface area contributed by atoms with Crippen molar-refractivity contribution in [3.05, 3.63) is 78.2 Å². The molecule has 0 unspecified atom stereocenters.